The second kappa shape index (κ2) is 10.7. The first kappa shape index (κ1) is 28.7. The Morgan fingerprint density at radius 3 is 2.29 bits per heavy atom. The van der Waals surface area contributed by atoms with Gasteiger partial charge in [-0.05, 0) is 104 Å². The lowest BCUT2D eigenvalue weighted by Gasteiger charge is -2.39. The quantitative estimate of drug-likeness (QED) is 0.338. The Bertz CT molecular complexity index is 1450. The molecule has 4 aliphatic rings. The lowest BCUT2D eigenvalue weighted by Crippen LogP contribution is -2.45. The highest BCUT2D eigenvalue weighted by Gasteiger charge is 2.43. The standard InChI is InChI=1S/C29H31ClF4N2O4S/c30-19-7-16(14-29(32,33)34)8-22(10-19)40-23-11-20-3-4-21(12-23)36(20)15-18-9-27(31)26(13-25(18)17-1-2-17)28(37)35-41(38,39)24-5-6-24/h7-10,13,17,20-21,23-24H,1-6,11-12,14-15H2,(H,35,37)/t20-,21+,23?. The predicted octanol–water partition coefficient (Wildman–Crippen LogP) is 6.26. The molecule has 2 aliphatic heterocycles. The van der Waals surface area contributed by atoms with Crippen LogP contribution in [-0.4, -0.2) is 48.8 Å². The van der Waals surface area contributed by atoms with Gasteiger partial charge in [0.25, 0.3) is 5.91 Å². The number of piperidine rings is 1. The summed E-state index contributed by atoms with van der Waals surface area (Å²) in [7, 11) is -3.79. The van der Waals surface area contributed by atoms with Gasteiger partial charge in [0.15, 0.2) is 0 Å². The van der Waals surface area contributed by atoms with Crippen molar-refractivity contribution in [2.45, 2.75) is 99.9 Å². The number of fused-ring (bicyclic) bond motifs is 2. The first-order chi connectivity index (χ1) is 19.3. The monoisotopic (exact) mass is 614 g/mol. The van der Waals surface area contributed by atoms with Crippen molar-refractivity contribution in [2.24, 2.45) is 0 Å². The fraction of sp³-hybridized carbons (Fsp3) is 0.552. The highest BCUT2D eigenvalue weighted by molar-refractivity contribution is 7.91. The first-order valence-electron chi connectivity index (χ1n) is 14.0. The Labute approximate surface area is 241 Å². The van der Waals surface area contributed by atoms with Crippen LogP contribution in [0.5, 0.6) is 5.75 Å². The fourth-order valence-electron chi connectivity index (χ4n) is 6.35. The Hall–Kier alpha value is -2.37. The highest BCUT2D eigenvalue weighted by atomic mass is 35.5. The third-order valence-corrected chi connectivity index (χ3v) is 10.6. The van der Waals surface area contributed by atoms with Gasteiger partial charge < -0.3 is 4.74 Å². The summed E-state index contributed by atoms with van der Waals surface area (Å²) in [6, 6.07) is 7.45. The van der Waals surface area contributed by atoms with Crippen LogP contribution in [0.15, 0.2) is 30.3 Å². The summed E-state index contributed by atoms with van der Waals surface area (Å²) in [6.07, 6.45) is 0.472. The van der Waals surface area contributed by atoms with Gasteiger partial charge in [-0.15, -0.1) is 0 Å². The summed E-state index contributed by atoms with van der Waals surface area (Å²) in [6.45, 7) is 0.500. The van der Waals surface area contributed by atoms with Crippen LogP contribution in [0.25, 0.3) is 0 Å². The van der Waals surface area contributed by atoms with Gasteiger partial charge in [-0.25, -0.2) is 17.5 Å². The minimum Gasteiger partial charge on any atom is -0.490 e. The number of sulfonamides is 1. The fourth-order valence-corrected chi connectivity index (χ4v) is 7.89. The second-order valence-corrected chi connectivity index (χ2v) is 14.2. The molecule has 0 radical (unpaired) electrons. The number of hydrogen-bond acceptors (Lipinski definition) is 5. The van der Waals surface area contributed by atoms with E-state index in [0.717, 1.165) is 36.8 Å². The molecule has 222 valence electrons. The molecule has 3 atom stereocenters. The van der Waals surface area contributed by atoms with Crippen LogP contribution in [0, 0.1) is 5.82 Å². The molecule has 0 aromatic heterocycles. The summed E-state index contributed by atoms with van der Waals surface area (Å²) >= 11 is 6.08. The molecule has 2 saturated heterocycles. The van der Waals surface area contributed by atoms with E-state index < -0.39 is 39.6 Å². The van der Waals surface area contributed by atoms with Crippen molar-refractivity contribution in [1.82, 2.24) is 9.62 Å². The first-order valence-corrected chi connectivity index (χ1v) is 15.9. The van der Waals surface area contributed by atoms with E-state index in [0.29, 0.717) is 38.0 Å². The number of amides is 1. The molecule has 4 fully saturated rings. The number of ether oxygens (including phenoxy) is 1. The van der Waals surface area contributed by atoms with Crippen molar-refractivity contribution >= 4 is 27.5 Å². The molecule has 1 amide bonds. The van der Waals surface area contributed by atoms with Crippen LogP contribution in [0.2, 0.25) is 5.02 Å². The summed E-state index contributed by atoms with van der Waals surface area (Å²) in [4.78, 5) is 15.0. The Balaban J connectivity index is 1.15. The van der Waals surface area contributed by atoms with Crippen LogP contribution < -0.4 is 9.46 Å². The van der Waals surface area contributed by atoms with Gasteiger partial charge in [0, 0.05) is 23.7 Å². The molecular weight excluding hydrogens is 584 g/mol. The highest BCUT2D eigenvalue weighted by Crippen LogP contribution is 2.45. The van der Waals surface area contributed by atoms with E-state index >= 15 is 4.39 Å². The minimum atomic E-state index is -4.35. The third-order valence-electron chi connectivity index (χ3n) is 8.52. The second-order valence-electron chi connectivity index (χ2n) is 11.8. The van der Waals surface area contributed by atoms with Crippen molar-refractivity contribution in [3.8, 4) is 5.75 Å². The largest absolute Gasteiger partial charge is 0.490 e. The van der Waals surface area contributed by atoms with Gasteiger partial charge in [0.1, 0.15) is 17.7 Å². The van der Waals surface area contributed by atoms with E-state index in [9.17, 15) is 26.4 Å². The van der Waals surface area contributed by atoms with Crippen molar-refractivity contribution < 1.29 is 35.5 Å². The van der Waals surface area contributed by atoms with Crippen molar-refractivity contribution in [3.05, 3.63) is 63.4 Å². The van der Waals surface area contributed by atoms with Gasteiger partial charge in [-0.3, -0.25) is 9.69 Å². The topological polar surface area (TPSA) is 75.7 Å². The number of halogens is 5. The minimum absolute atomic E-state index is 0.0531. The molecule has 6 nitrogen and oxygen atoms in total. The number of hydrogen-bond donors (Lipinski definition) is 1. The van der Waals surface area contributed by atoms with E-state index in [1.807, 2.05) is 4.72 Å². The van der Waals surface area contributed by atoms with Gasteiger partial charge in [0.05, 0.1) is 17.2 Å². The molecule has 2 aromatic carbocycles. The zero-order valence-electron chi connectivity index (χ0n) is 22.2. The number of rotatable bonds is 9. The number of carbonyl (C=O) groups is 1. The van der Waals surface area contributed by atoms with Gasteiger partial charge in [-0.2, -0.15) is 13.2 Å². The summed E-state index contributed by atoms with van der Waals surface area (Å²) in [5.74, 6) is -1.14. The molecular formula is C29H31ClF4N2O4S. The van der Waals surface area contributed by atoms with Crippen molar-refractivity contribution in [3.63, 3.8) is 0 Å². The zero-order chi connectivity index (χ0) is 29.1. The SMILES string of the molecule is O=C(NS(=O)(=O)C1CC1)c1cc(C2CC2)c(CN2[C@@H]3CC[C@H]2CC(Oc2cc(Cl)cc(CC(F)(F)F)c2)C3)cc1F. The van der Waals surface area contributed by atoms with Crippen LogP contribution >= 0.6 is 11.6 Å². The Morgan fingerprint density at radius 1 is 1.00 bits per heavy atom. The molecule has 0 spiro atoms. The zero-order valence-corrected chi connectivity index (χ0v) is 23.8. The van der Waals surface area contributed by atoms with E-state index in [-0.39, 0.29) is 40.3 Å². The molecule has 2 heterocycles. The number of nitrogens with one attached hydrogen (secondary N) is 1. The van der Waals surface area contributed by atoms with E-state index in [1.165, 1.54) is 30.3 Å². The summed E-state index contributed by atoms with van der Waals surface area (Å²) in [5.41, 5.74) is 1.49. The molecule has 41 heavy (non-hydrogen) atoms. The maximum absolute atomic E-state index is 15.2. The van der Waals surface area contributed by atoms with Crippen molar-refractivity contribution in [1.29, 1.82) is 0 Å². The van der Waals surface area contributed by atoms with E-state index in [4.69, 9.17) is 16.3 Å². The Kier molecular flexibility index (Phi) is 7.51. The van der Waals surface area contributed by atoms with Crippen LogP contribution in [0.1, 0.15) is 84.3 Å². The van der Waals surface area contributed by atoms with Gasteiger partial charge in [-0.1, -0.05) is 11.6 Å². The average molecular weight is 615 g/mol. The molecule has 12 heteroatoms. The Morgan fingerprint density at radius 2 is 1.68 bits per heavy atom. The molecule has 1 N–H and O–H groups in total. The maximum atomic E-state index is 15.2. The van der Waals surface area contributed by atoms with Crippen LogP contribution in [0.4, 0.5) is 17.6 Å². The van der Waals surface area contributed by atoms with Crippen LogP contribution in [0.3, 0.4) is 0 Å². The maximum Gasteiger partial charge on any atom is 0.393 e. The smallest absolute Gasteiger partial charge is 0.393 e. The summed E-state index contributed by atoms with van der Waals surface area (Å²) < 4.78 is 86.6. The lowest BCUT2D eigenvalue weighted by molar-refractivity contribution is -0.127. The number of nitrogens with zero attached hydrogens (tertiary/aromatic N) is 1. The van der Waals surface area contributed by atoms with E-state index in [2.05, 4.69) is 4.90 Å². The number of carbonyl (C=O) groups excluding carboxylic acids is 1. The molecule has 1 unspecified atom stereocenters. The van der Waals surface area contributed by atoms with E-state index in [1.54, 1.807) is 0 Å². The molecule has 2 aliphatic carbocycles. The third kappa shape index (κ3) is 6.67. The molecule has 2 bridgehead atoms. The lowest BCUT2D eigenvalue weighted by atomic mass is 9.95. The number of alkyl halides is 3. The van der Waals surface area contributed by atoms with Gasteiger partial charge in [0.2, 0.25) is 10.0 Å². The molecule has 6 rings (SSSR count). The van der Waals surface area contributed by atoms with Crippen LogP contribution in [-0.2, 0) is 23.0 Å². The van der Waals surface area contributed by atoms with Crippen molar-refractivity contribution in [2.75, 3.05) is 0 Å². The number of benzene rings is 2. The van der Waals surface area contributed by atoms with Gasteiger partial charge >= 0.3 is 6.18 Å². The average Bonchev–Trinajstić information content (AvgIpc) is 3.75. The molecule has 2 saturated carbocycles. The normalized spacial score (nSPS) is 24.9. The predicted molar refractivity (Wildman–Crippen MR) is 145 cm³/mol. The molecule has 2 aromatic rings. The summed E-state index contributed by atoms with van der Waals surface area (Å²) in [5, 5.41) is -0.390.